The predicted molar refractivity (Wildman–Crippen MR) is 170 cm³/mol. The summed E-state index contributed by atoms with van der Waals surface area (Å²) in [5.74, 6) is -2.88. The zero-order valence-electron chi connectivity index (χ0n) is 24.3. The van der Waals surface area contributed by atoms with E-state index in [4.69, 9.17) is 0 Å². The van der Waals surface area contributed by atoms with Crippen LogP contribution in [0.2, 0.25) is 0 Å². The summed E-state index contributed by atoms with van der Waals surface area (Å²) in [7, 11) is 0. The Labute approximate surface area is 260 Å². The van der Waals surface area contributed by atoms with Crippen molar-refractivity contribution in [3.63, 3.8) is 0 Å². The summed E-state index contributed by atoms with van der Waals surface area (Å²) in [6, 6.07) is 20.2. The third kappa shape index (κ3) is 5.51. The van der Waals surface area contributed by atoms with Crippen LogP contribution in [0, 0.1) is 18.6 Å². The maximum absolute atomic E-state index is 15.0. The van der Waals surface area contributed by atoms with Gasteiger partial charge in [0.2, 0.25) is 5.95 Å². The fourth-order valence-electron chi connectivity index (χ4n) is 5.28. The fraction of sp³-hybridized carbons (Fsp3) is 0.118. The molecule has 0 unspecified atom stereocenters. The second-order valence-corrected chi connectivity index (χ2v) is 10.6. The van der Waals surface area contributed by atoms with Gasteiger partial charge in [-0.3, -0.25) is 14.2 Å². The van der Waals surface area contributed by atoms with Crippen molar-refractivity contribution in [2.24, 2.45) is 0 Å². The van der Waals surface area contributed by atoms with E-state index in [9.17, 15) is 24.9 Å². The van der Waals surface area contributed by atoms with E-state index < -0.39 is 48.0 Å². The molecule has 2 heterocycles. The van der Waals surface area contributed by atoms with Gasteiger partial charge in [0.25, 0.3) is 11.5 Å². The van der Waals surface area contributed by atoms with E-state index in [1.165, 1.54) is 18.2 Å². The number of phenolic OH excluding ortho intramolecular Hbond substituents is 1. The van der Waals surface area contributed by atoms with E-state index in [1.807, 2.05) is 12.1 Å². The average Bonchev–Trinajstić information content (AvgIpc) is 3.04. The van der Waals surface area contributed by atoms with Gasteiger partial charge in [0.05, 0.1) is 30.5 Å². The molecule has 232 valence electrons. The highest BCUT2D eigenvalue weighted by Crippen LogP contribution is 2.34. The van der Waals surface area contributed by atoms with Gasteiger partial charge in [0, 0.05) is 22.7 Å². The molecular formula is C34H27F2N5O5. The normalized spacial score (nSPS) is 11.3. The van der Waals surface area contributed by atoms with Crippen LogP contribution in [0.1, 0.15) is 15.9 Å². The Kier molecular flexibility index (Phi) is 8.14. The summed E-state index contributed by atoms with van der Waals surface area (Å²) in [5.41, 5.74) is 0.280. The molecule has 12 heteroatoms. The zero-order valence-corrected chi connectivity index (χ0v) is 24.3. The van der Waals surface area contributed by atoms with Gasteiger partial charge in [-0.1, -0.05) is 42.5 Å². The van der Waals surface area contributed by atoms with Crippen molar-refractivity contribution in [2.45, 2.75) is 13.0 Å². The number of hydrogen-bond donors (Lipinski definition) is 5. The molecule has 0 fully saturated rings. The van der Waals surface area contributed by atoms with E-state index in [0.717, 1.165) is 28.2 Å². The maximum Gasteiger partial charge on any atom is 0.260 e. The number of benzene rings is 4. The number of fused-ring (bicyclic) bond motifs is 2. The number of amides is 1. The SMILES string of the molecule is Cc1ccc(NC(=O)c2c(O)ccc3ccccc23)cc1-c1nc(NC(CO)CO)nc2c1ccc(=O)n2-c1c(F)cccc1F. The molecule has 4 aromatic carbocycles. The summed E-state index contributed by atoms with van der Waals surface area (Å²) >= 11 is 0. The molecule has 1 amide bonds. The first-order valence-corrected chi connectivity index (χ1v) is 14.2. The number of aliphatic hydroxyl groups is 2. The molecule has 2 aromatic heterocycles. The van der Waals surface area contributed by atoms with Gasteiger partial charge in [-0.05, 0) is 59.7 Å². The maximum atomic E-state index is 15.0. The van der Waals surface area contributed by atoms with Gasteiger partial charge in [0.1, 0.15) is 23.1 Å². The summed E-state index contributed by atoms with van der Waals surface area (Å²) in [4.78, 5) is 35.6. The lowest BCUT2D eigenvalue weighted by atomic mass is 10.0. The highest BCUT2D eigenvalue weighted by atomic mass is 19.1. The second-order valence-electron chi connectivity index (χ2n) is 10.6. The molecule has 46 heavy (non-hydrogen) atoms. The number of para-hydroxylation sites is 1. The summed E-state index contributed by atoms with van der Waals surface area (Å²) in [6.45, 7) is 0.811. The first-order chi connectivity index (χ1) is 22.2. The van der Waals surface area contributed by atoms with E-state index in [2.05, 4.69) is 20.6 Å². The number of aliphatic hydroxyl groups excluding tert-OH is 2. The molecule has 0 saturated carbocycles. The van der Waals surface area contributed by atoms with Gasteiger partial charge < -0.3 is 26.0 Å². The minimum absolute atomic E-state index is 0.0918. The van der Waals surface area contributed by atoms with E-state index in [1.54, 1.807) is 43.3 Å². The Morgan fingerprint density at radius 3 is 2.37 bits per heavy atom. The number of nitrogens with one attached hydrogen (secondary N) is 2. The number of halogens is 2. The molecule has 0 aliphatic rings. The minimum Gasteiger partial charge on any atom is -0.507 e. The van der Waals surface area contributed by atoms with Crippen LogP contribution in [0.4, 0.5) is 20.4 Å². The second kappa shape index (κ2) is 12.3. The standard InChI is InChI=1S/C34H27F2N5O5/c1-18-9-11-20(37-33(46)29-22-6-3-2-5-19(22)10-13-27(29)44)15-24(18)30-23-12-14-28(45)41(31-25(35)7-4-8-26(31)36)32(23)40-34(39-30)38-21(16-42)17-43/h2-15,21,42-44H,16-17H2,1H3,(H,37,46)(H,38,39,40). The average molecular weight is 624 g/mol. The molecule has 10 nitrogen and oxygen atoms in total. The van der Waals surface area contributed by atoms with Crippen LogP contribution in [0.5, 0.6) is 5.75 Å². The molecule has 6 rings (SSSR count). The van der Waals surface area contributed by atoms with E-state index in [0.29, 0.717) is 22.2 Å². The lowest BCUT2D eigenvalue weighted by Gasteiger charge is -2.18. The van der Waals surface area contributed by atoms with Gasteiger partial charge in [0.15, 0.2) is 5.65 Å². The Morgan fingerprint density at radius 1 is 0.891 bits per heavy atom. The quantitative estimate of drug-likeness (QED) is 0.161. The van der Waals surface area contributed by atoms with Crippen molar-refractivity contribution < 1.29 is 28.9 Å². The van der Waals surface area contributed by atoms with Gasteiger partial charge in [-0.25, -0.2) is 13.8 Å². The number of aromatic nitrogens is 3. The number of pyridine rings is 1. The largest absolute Gasteiger partial charge is 0.507 e. The number of anilines is 2. The smallest absolute Gasteiger partial charge is 0.260 e. The van der Waals surface area contributed by atoms with Crippen molar-refractivity contribution >= 4 is 39.3 Å². The third-order valence-corrected chi connectivity index (χ3v) is 7.57. The summed E-state index contributed by atoms with van der Waals surface area (Å²) in [6.07, 6.45) is 0. The molecule has 0 spiro atoms. The molecular weight excluding hydrogens is 596 g/mol. The van der Waals surface area contributed by atoms with Crippen molar-refractivity contribution in [1.82, 2.24) is 14.5 Å². The molecule has 0 atom stereocenters. The number of phenols is 1. The van der Waals surface area contributed by atoms with Crippen LogP contribution >= 0.6 is 0 Å². The number of carbonyl (C=O) groups is 1. The van der Waals surface area contributed by atoms with E-state index >= 15 is 8.78 Å². The van der Waals surface area contributed by atoms with Crippen molar-refractivity contribution in [1.29, 1.82) is 0 Å². The molecule has 0 aliphatic carbocycles. The Balaban J connectivity index is 1.54. The lowest BCUT2D eigenvalue weighted by molar-refractivity contribution is 0.102. The highest BCUT2D eigenvalue weighted by Gasteiger charge is 2.22. The van der Waals surface area contributed by atoms with Gasteiger partial charge in [-0.2, -0.15) is 4.98 Å². The molecule has 0 bridgehead atoms. The molecule has 0 radical (unpaired) electrons. The van der Waals surface area contributed by atoms with Crippen LogP contribution in [0.15, 0.2) is 89.7 Å². The first-order valence-electron chi connectivity index (χ1n) is 14.2. The van der Waals surface area contributed by atoms with Crippen LogP contribution in [-0.4, -0.2) is 55.0 Å². The molecule has 0 saturated heterocycles. The van der Waals surface area contributed by atoms with Crippen LogP contribution < -0.4 is 16.2 Å². The number of aromatic hydroxyl groups is 1. The topological polar surface area (TPSA) is 150 Å². The highest BCUT2D eigenvalue weighted by molar-refractivity contribution is 6.15. The van der Waals surface area contributed by atoms with Gasteiger partial charge >= 0.3 is 0 Å². The molecule has 0 aliphatic heterocycles. The lowest BCUT2D eigenvalue weighted by Crippen LogP contribution is -2.29. The Hall–Kier alpha value is -5.72. The first kappa shape index (κ1) is 30.3. The van der Waals surface area contributed by atoms with Crippen molar-refractivity contribution in [2.75, 3.05) is 23.8 Å². The number of aryl methyl sites for hydroxylation is 1. The monoisotopic (exact) mass is 623 g/mol. The minimum atomic E-state index is -0.995. The fourth-order valence-corrected chi connectivity index (χ4v) is 5.28. The zero-order chi connectivity index (χ0) is 32.5. The number of nitrogens with zero attached hydrogens (tertiary/aromatic N) is 3. The number of carbonyl (C=O) groups excluding carboxylic acids is 1. The van der Waals surface area contributed by atoms with Crippen LogP contribution in [0.3, 0.4) is 0 Å². The van der Waals surface area contributed by atoms with E-state index in [-0.39, 0.29) is 34.0 Å². The third-order valence-electron chi connectivity index (χ3n) is 7.57. The summed E-state index contributed by atoms with van der Waals surface area (Å²) in [5, 5.41) is 37.2. The van der Waals surface area contributed by atoms with Crippen LogP contribution in [0.25, 0.3) is 38.8 Å². The number of hydrogen-bond acceptors (Lipinski definition) is 8. The predicted octanol–water partition coefficient (Wildman–Crippen LogP) is 4.91. The van der Waals surface area contributed by atoms with Gasteiger partial charge in [-0.15, -0.1) is 0 Å². The summed E-state index contributed by atoms with van der Waals surface area (Å²) < 4.78 is 30.8. The molecule has 5 N–H and O–H groups in total. The number of rotatable bonds is 8. The molecule has 6 aromatic rings. The van der Waals surface area contributed by atoms with Crippen molar-refractivity contribution in [3.8, 4) is 22.7 Å². The Bertz CT molecular complexity index is 2180. The Morgan fingerprint density at radius 2 is 1.63 bits per heavy atom. The van der Waals surface area contributed by atoms with Crippen molar-refractivity contribution in [3.05, 3.63) is 118 Å². The van der Waals surface area contributed by atoms with Crippen LogP contribution in [-0.2, 0) is 0 Å².